The number of likely N-dealkylation sites (N-methyl/N-ethyl adjacent to an activating group) is 1. The minimum absolute atomic E-state index is 0.0791. The summed E-state index contributed by atoms with van der Waals surface area (Å²) in [6.07, 6.45) is 4.38. The molecule has 1 aromatic carbocycles. The van der Waals surface area contributed by atoms with Crippen LogP contribution in [-0.4, -0.2) is 36.9 Å². The Bertz CT molecular complexity index is 514. The Hall–Kier alpha value is -2.10. The molecule has 1 aliphatic carbocycles. The van der Waals surface area contributed by atoms with Crippen LogP contribution in [0.5, 0.6) is 0 Å². The van der Waals surface area contributed by atoms with Crippen molar-refractivity contribution in [2.24, 2.45) is 5.92 Å². The number of nitrogens with one attached hydrogen (secondary N) is 1. The highest BCUT2D eigenvalue weighted by molar-refractivity contribution is 5.90. The van der Waals surface area contributed by atoms with Crippen molar-refractivity contribution in [1.29, 1.82) is 0 Å². The third-order valence-electron chi connectivity index (χ3n) is 3.94. The molecule has 0 aliphatic heterocycles. The lowest BCUT2D eigenvalue weighted by molar-refractivity contribution is -0.131. The van der Waals surface area contributed by atoms with Crippen LogP contribution >= 0.6 is 0 Å². The van der Waals surface area contributed by atoms with Crippen LogP contribution in [-0.2, 0) is 22.4 Å². The summed E-state index contributed by atoms with van der Waals surface area (Å²) in [7, 11) is 1.59. The average Bonchev–Trinajstić information content (AvgIpc) is 2.88. The monoisotopic (exact) mass is 286 g/mol. The molecular formula is C17H22N2O2. The first-order valence-corrected chi connectivity index (χ1v) is 7.31. The maximum absolute atomic E-state index is 11.7. The lowest BCUT2D eigenvalue weighted by atomic mass is 10.0. The van der Waals surface area contributed by atoms with Crippen molar-refractivity contribution in [3.05, 3.63) is 48.0 Å². The fraction of sp³-hybridized carbons (Fsp3) is 0.412. The molecule has 1 aromatic rings. The highest BCUT2D eigenvalue weighted by Crippen LogP contribution is 2.28. The molecule has 4 nitrogen and oxygen atoms in total. The molecule has 2 amide bonds. The zero-order valence-corrected chi connectivity index (χ0v) is 12.5. The molecule has 112 valence electrons. The second kappa shape index (κ2) is 7.07. The molecule has 0 heterocycles. The van der Waals surface area contributed by atoms with Crippen molar-refractivity contribution < 1.29 is 9.59 Å². The molecule has 0 radical (unpaired) electrons. The Morgan fingerprint density at radius 3 is 2.52 bits per heavy atom. The van der Waals surface area contributed by atoms with Gasteiger partial charge < -0.3 is 10.2 Å². The van der Waals surface area contributed by atoms with Gasteiger partial charge in [0.05, 0.1) is 6.54 Å². The summed E-state index contributed by atoms with van der Waals surface area (Å²) >= 11 is 0. The third kappa shape index (κ3) is 4.18. The molecule has 0 saturated heterocycles. The van der Waals surface area contributed by atoms with Crippen LogP contribution in [0.3, 0.4) is 0 Å². The van der Waals surface area contributed by atoms with E-state index in [9.17, 15) is 9.59 Å². The minimum atomic E-state index is -0.239. The lowest BCUT2D eigenvalue weighted by Gasteiger charge is -2.15. The Morgan fingerprint density at radius 1 is 1.33 bits per heavy atom. The van der Waals surface area contributed by atoms with E-state index >= 15 is 0 Å². The lowest BCUT2D eigenvalue weighted by Crippen LogP contribution is -2.38. The van der Waals surface area contributed by atoms with E-state index in [-0.39, 0.29) is 18.4 Å². The van der Waals surface area contributed by atoms with E-state index in [4.69, 9.17) is 0 Å². The number of nitrogens with zero attached hydrogens (tertiary/aromatic N) is 1. The third-order valence-corrected chi connectivity index (χ3v) is 3.94. The highest BCUT2D eigenvalue weighted by atomic mass is 16.2. The van der Waals surface area contributed by atoms with Crippen molar-refractivity contribution in [2.45, 2.75) is 19.3 Å². The van der Waals surface area contributed by atoms with Gasteiger partial charge in [-0.15, -0.1) is 0 Å². The van der Waals surface area contributed by atoms with Gasteiger partial charge >= 0.3 is 0 Å². The SMILES string of the molecule is C=CC(=O)N(C)CC(=O)NCCC1Cc2ccccc2C1. The highest BCUT2D eigenvalue weighted by Gasteiger charge is 2.20. The van der Waals surface area contributed by atoms with E-state index in [0.717, 1.165) is 19.3 Å². The fourth-order valence-corrected chi connectivity index (χ4v) is 2.77. The van der Waals surface area contributed by atoms with Crippen LogP contribution in [0.1, 0.15) is 17.5 Å². The van der Waals surface area contributed by atoms with Gasteiger partial charge in [-0.05, 0) is 42.4 Å². The normalized spacial score (nSPS) is 13.6. The number of hydrogen-bond donors (Lipinski definition) is 1. The summed E-state index contributed by atoms with van der Waals surface area (Å²) in [4.78, 5) is 24.4. The van der Waals surface area contributed by atoms with Gasteiger partial charge in [-0.1, -0.05) is 30.8 Å². The molecule has 0 unspecified atom stereocenters. The van der Waals surface area contributed by atoms with E-state index in [1.165, 1.54) is 22.1 Å². The molecule has 1 N–H and O–H groups in total. The van der Waals surface area contributed by atoms with Crippen molar-refractivity contribution >= 4 is 11.8 Å². The number of rotatable bonds is 6. The van der Waals surface area contributed by atoms with Gasteiger partial charge in [0.15, 0.2) is 0 Å². The zero-order chi connectivity index (χ0) is 15.2. The summed E-state index contributed by atoms with van der Waals surface area (Å²) in [6, 6.07) is 8.53. The van der Waals surface area contributed by atoms with Crippen LogP contribution in [0.2, 0.25) is 0 Å². The number of carbonyl (C=O) groups excluding carboxylic acids is 2. The van der Waals surface area contributed by atoms with E-state index < -0.39 is 0 Å². The van der Waals surface area contributed by atoms with Crippen LogP contribution in [0.25, 0.3) is 0 Å². The van der Waals surface area contributed by atoms with Gasteiger partial charge in [0.1, 0.15) is 0 Å². The maximum Gasteiger partial charge on any atom is 0.246 e. The predicted octanol–water partition coefficient (Wildman–Crippen LogP) is 1.55. The summed E-state index contributed by atoms with van der Waals surface area (Å²) in [5.41, 5.74) is 2.87. The molecule has 2 rings (SSSR count). The largest absolute Gasteiger partial charge is 0.355 e. The Labute approximate surface area is 125 Å². The van der Waals surface area contributed by atoms with Gasteiger partial charge in [0.2, 0.25) is 11.8 Å². The van der Waals surface area contributed by atoms with E-state index in [2.05, 4.69) is 36.2 Å². The molecule has 0 atom stereocenters. The smallest absolute Gasteiger partial charge is 0.246 e. The van der Waals surface area contributed by atoms with Gasteiger partial charge in [-0.2, -0.15) is 0 Å². The summed E-state index contributed by atoms with van der Waals surface area (Å²) in [5.74, 6) is 0.245. The maximum atomic E-state index is 11.7. The molecular weight excluding hydrogens is 264 g/mol. The van der Waals surface area contributed by atoms with Crippen LogP contribution in [0.15, 0.2) is 36.9 Å². The van der Waals surface area contributed by atoms with Crippen LogP contribution in [0.4, 0.5) is 0 Å². The van der Waals surface area contributed by atoms with Crippen LogP contribution < -0.4 is 5.32 Å². The summed E-state index contributed by atoms with van der Waals surface area (Å²) in [5, 5.41) is 2.88. The quantitative estimate of drug-likeness (QED) is 0.807. The number of amides is 2. The number of hydrogen-bond acceptors (Lipinski definition) is 2. The number of benzene rings is 1. The summed E-state index contributed by atoms with van der Waals surface area (Å²) < 4.78 is 0. The molecule has 0 bridgehead atoms. The fourth-order valence-electron chi connectivity index (χ4n) is 2.77. The molecule has 1 aliphatic rings. The number of fused-ring (bicyclic) bond motifs is 1. The molecule has 21 heavy (non-hydrogen) atoms. The topological polar surface area (TPSA) is 49.4 Å². The van der Waals surface area contributed by atoms with Crippen molar-refractivity contribution in [3.8, 4) is 0 Å². The van der Waals surface area contributed by atoms with E-state index in [1.807, 2.05) is 0 Å². The van der Waals surface area contributed by atoms with E-state index in [1.54, 1.807) is 7.05 Å². The van der Waals surface area contributed by atoms with Gasteiger partial charge in [-0.3, -0.25) is 9.59 Å². The molecule has 0 aromatic heterocycles. The Balaban J connectivity index is 1.68. The van der Waals surface area contributed by atoms with Crippen molar-refractivity contribution in [3.63, 3.8) is 0 Å². The Kier molecular flexibility index (Phi) is 5.14. The second-order valence-electron chi connectivity index (χ2n) is 5.58. The first-order chi connectivity index (χ1) is 10.1. The first-order valence-electron chi connectivity index (χ1n) is 7.31. The molecule has 0 saturated carbocycles. The molecule has 0 fully saturated rings. The molecule has 0 spiro atoms. The van der Waals surface area contributed by atoms with Crippen molar-refractivity contribution in [1.82, 2.24) is 10.2 Å². The van der Waals surface area contributed by atoms with E-state index in [0.29, 0.717) is 12.5 Å². The first kappa shape index (κ1) is 15.3. The van der Waals surface area contributed by atoms with Crippen molar-refractivity contribution in [2.75, 3.05) is 20.1 Å². The Morgan fingerprint density at radius 2 is 1.95 bits per heavy atom. The van der Waals surface area contributed by atoms with Crippen LogP contribution in [0, 0.1) is 5.92 Å². The van der Waals surface area contributed by atoms with Gasteiger partial charge in [0, 0.05) is 13.6 Å². The van der Waals surface area contributed by atoms with Gasteiger partial charge in [0.25, 0.3) is 0 Å². The number of carbonyl (C=O) groups is 2. The average molecular weight is 286 g/mol. The second-order valence-corrected chi connectivity index (χ2v) is 5.58. The summed E-state index contributed by atoms with van der Waals surface area (Å²) in [6.45, 7) is 4.14. The minimum Gasteiger partial charge on any atom is -0.355 e. The zero-order valence-electron chi connectivity index (χ0n) is 12.5. The standard InChI is InChI=1S/C17H22N2O2/c1-3-17(21)19(2)12-16(20)18-9-8-13-10-14-6-4-5-7-15(14)11-13/h3-7,13H,1,8-12H2,2H3,(H,18,20). The predicted molar refractivity (Wildman–Crippen MR) is 82.8 cm³/mol. The van der Waals surface area contributed by atoms with Gasteiger partial charge in [-0.25, -0.2) is 0 Å². The molecule has 4 heteroatoms.